The first kappa shape index (κ1) is 14.7. The summed E-state index contributed by atoms with van der Waals surface area (Å²) < 4.78 is 26.1. The molecule has 1 unspecified atom stereocenters. The van der Waals surface area contributed by atoms with E-state index in [0.717, 1.165) is 25.6 Å². The van der Waals surface area contributed by atoms with E-state index in [-0.39, 0.29) is 5.91 Å². The van der Waals surface area contributed by atoms with Gasteiger partial charge in [0.15, 0.2) is 11.6 Å². The van der Waals surface area contributed by atoms with Crippen molar-refractivity contribution in [1.29, 1.82) is 0 Å². The molecule has 110 valence electrons. The molecule has 1 amide bonds. The first-order chi connectivity index (χ1) is 9.60. The Hall–Kier alpha value is -1.69. The van der Waals surface area contributed by atoms with Gasteiger partial charge in [0.05, 0.1) is 6.54 Å². The third-order valence-electron chi connectivity index (χ3n) is 3.48. The van der Waals surface area contributed by atoms with Crippen molar-refractivity contribution in [3.8, 4) is 0 Å². The summed E-state index contributed by atoms with van der Waals surface area (Å²) in [7, 11) is 1.72. The fourth-order valence-electron chi connectivity index (χ4n) is 2.40. The van der Waals surface area contributed by atoms with E-state index in [1.54, 1.807) is 13.1 Å². The third kappa shape index (κ3) is 3.66. The molecular formula is C14H19F2N3O. The third-order valence-corrected chi connectivity index (χ3v) is 3.48. The van der Waals surface area contributed by atoms with Gasteiger partial charge in [-0.1, -0.05) is 0 Å². The second kappa shape index (κ2) is 6.65. The van der Waals surface area contributed by atoms with Gasteiger partial charge in [-0.25, -0.2) is 8.78 Å². The molecule has 0 aliphatic carbocycles. The molecule has 20 heavy (non-hydrogen) atoms. The summed E-state index contributed by atoms with van der Waals surface area (Å²) in [6.07, 6.45) is 0.929. The summed E-state index contributed by atoms with van der Waals surface area (Å²) in [5, 5.41) is 5.65. The highest BCUT2D eigenvalue weighted by Crippen LogP contribution is 2.24. The maximum Gasteiger partial charge on any atom is 0.233 e. The molecule has 1 atom stereocenters. The summed E-state index contributed by atoms with van der Waals surface area (Å²) in [4.78, 5) is 13.4. The lowest BCUT2D eigenvalue weighted by atomic mass is 10.1. The molecule has 1 saturated heterocycles. The average Bonchev–Trinajstić information content (AvgIpc) is 2.89. The maximum absolute atomic E-state index is 13.2. The van der Waals surface area contributed by atoms with Crippen molar-refractivity contribution < 1.29 is 13.6 Å². The zero-order valence-electron chi connectivity index (χ0n) is 11.5. The van der Waals surface area contributed by atoms with Gasteiger partial charge in [0.25, 0.3) is 0 Å². The molecule has 1 aromatic carbocycles. The zero-order chi connectivity index (χ0) is 14.5. The molecular weight excluding hydrogens is 264 g/mol. The fourth-order valence-corrected chi connectivity index (χ4v) is 2.40. The van der Waals surface area contributed by atoms with Crippen LogP contribution in [-0.4, -0.2) is 39.1 Å². The Morgan fingerprint density at radius 3 is 2.90 bits per heavy atom. The van der Waals surface area contributed by atoms with Crippen LogP contribution in [-0.2, 0) is 4.79 Å². The molecule has 6 heteroatoms. The normalized spacial score (nSPS) is 18.4. The van der Waals surface area contributed by atoms with Crippen LogP contribution in [0.3, 0.4) is 0 Å². The summed E-state index contributed by atoms with van der Waals surface area (Å²) in [5.41, 5.74) is 0.688. The van der Waals surface area contributed by atoms with Crippen LogP contribution in [0.1, 0.15) is 6.42 Å². The summed E-state index contributed by atoms with van der Waals surface area (Å²) in [6, 6.07) is 3.95. The Kier molecular flexibility index (Phi) is 4.89. The topological polar surface area (TPSA) is 44.4 Å². The van der Waals surface area contributed by atoms with Crippen LogP contribution in [0.15, 0.2) is 18.2 Å². The molecule has 0 saturated carbocycles. The predicted octanol–water partition coefficient (Wildman–Crippen LogP) is 1.13. The van der Waals surface area contributed by atoms with Gasteiger partial charge in [-0.15, -0.1) is 0 Å². The molecule has 0 spiro atoms. The Balaban J connectivity index is 1.85. The molecule has 2 N–H and O–H groups in total. The van der Waals surface area contributed by atoms with Crippen LogP contribution in [0.4, 0.5) is 14.5 Å². The van der Waals surface area contributed by atoms with Crippen LogP contribution in [0.25, 0.3) is 0 Å². The molecule has 1 aromatic rings. The Morgan fingerprint density at radius 1 is 1.40 bits per heavy atom. The number of carbonyl (C=O) groups is 1. The van der Waals surface area contributed by atoms with Crippen LogP contribution in [0, 0.1) is 17.6 Å². The number of rotatable bonds is 5. The van der Waals surface area contributed by atoms with Crippen LogP contribution in [0.5, 0.6) is 0 Å². The van der Waals surface area contributed by atoms with Crippen molar-refractivity contribution in [3.63, 3.8) is 0 Å². The number of carbonyl (C=O) groups excluding carboxylic acids is 1. The smallest absolute Gasteiger partial charge is 0.233 e. The number of amides is 1. The molecule has 0 bridgehead atoms. The minimum Gasteiger partial charge on any atom is -0.371 e. The number of nitrogens with one attached hydrogen (secondary N) is 2. The molecule has 1 fully saturated rings. The molecule has 1 aliphatic heterocycles. The lowest BCUT2D eigenvalue weighted by Gasteiger charge is -2.19. The number of nitrogens with zero attached hydrogens (tertiary/aromatic N) is 1. The van der Waals surface area contributed by atoms with E-state index >= 15 is 0 Å². The zero-order valence-corrected chi connectivity index (χ0v) is 11.5. The van der Waals surface area contributed by atoms with E-state index in [1.807, 2.05) is 4.90 Å². The first-order valence-electron chi connectivity index (χ1n) is 6.71. The van der Waals surface area contributed by atoms with Crippen molar-refractivity contribution in [2.75, 3.05) is 38.1 Å². The molecule has 1 heterocycles. The number of halogens is 2. The second-order valence-electron chi connectivity index (χ2n) is 5.03. The van der Waals surface area contributed by atoms with Gasteiger partial charge in [-0.2, -0.15) is 0 Å². The van der Waals surface area contributed by atoms with E-state index in [4.69, 9.17) is 0 Å². The summed E-state index contributed by atoms with van der Waals surface area (Å²) in [5.74, 6) is -1.35. The largest absolute Gasteiger partial charge is 0.371 e. The number of benzene rings is 1. The molecule has 0 radical (unpaired) electrons. The van der Waals surface area contributed by atoms with E-state index in [1.165, 1.54) is 6.07 Å². The minimum atomic E-state index is -0.830. The Bertz CT molecular complexity index is 481. The van der Waals surface area contributed by atoms with Crippen LogP contribution in [0.2, 0.25) is 0 Å². The first-order valence-corrected chi connectivity index (χ1v) is 6.71. The van der Waals surface area contributed by atoms with Gasteiger partial charge in [0, 0.05) is 31.4 Å². The van der Waals surface area contributed by atoms with E-state index in [0.29, 0.717) is 24.7 Å². The number of hydrogen-bond acceptors (Lipinski definition) is 3. The molecule has 2 rings (SSSR count). The van der Waals surface area contributed by atoms with Crippen LogP contribution < -0.4 is 15.5 Å². The lowest BCUT2D eigenvalue weighted by Crippen LogP contribution is -2.36. The van der Waals surface area contributed by atoms with Gasteiger partial charge >= 0.3 is 0 Å². The quantitative estimate of drug-likeness (QED) is 0.851. The highest BCUT2D eigenvalue weighted by molar-refractivity contribution is 5.77. The monoisotopic (exact) mass is 283 g/mol. The minimum absolute atomic E-state index is 0.0289. The van der Waals surface area contributed by atoms with Crippen molar-refractivity contribution in [2.24, 2.45) is 5.92 Å². The van der Waals surface area contributed by atoms with E-state index in [9.17, 15) is 13.6 Å². The average molecular weight is 283 g/mol. The number of anilines is 1. The maximum atomic E-state index is 13.2. The van der Waals surface area contributed by atoms with Crippen molar-refractivity contribution in [2.45, 2.75) is 6.42 Å². The van der Waals surface area contributed by atoms with E-state index < -0.39 is 11.6 Å². The Morgan fingerprint density at radius 2 is 2.20 bits per heavy atom. The SMILES string of the molecule is CNCC(=O)NCC1CCN(c2ccc(F)c(F)c2)C1. The predicted molar refractivity (Wildman–Crippen MR) is 73.6 cm³/mol. The molecule has 1 aliphatic rings. The number of hydrogen-bond donors (Lipinski definition) is 2. The van der Waals surface area contributed by atoms with Crippen LogP contribution >= 0.6 is 0 Å². The van der Waals surface area contributed by atoms with Gasteiger partial charge in [-0.3, -0.25) is 4.79 Å². The molecule has 0 aromatic heterocycles. The van der Waals surface area contributed by atoms with E-state index in [2.05, 4.69) is 10.6 Å². The highest BCUT2D eigenvalue weighted by Gasteiger charge is 2.23. The molecule has 4 nitrogen and oxygen atoms in total. The lowest BCUT2D eigenvalue weighted by molar-refractivity contribution is -0.120. The van der Waals surface area contributed by atoms with Gasteiger partial charge in [-0.05, 0) is 31.5 Å². The van der Waals surface area contributed by atoms with Crippen molar-refractivity contribution in [1.82, 2.24) is 10.6 Å². The van der Waals surface area contributed by atoms with Crippen molar-refractivity contribution in [3.05, 3.63) is 29.8 Å². The van der Waals surface area contributed by atoms with Crippen molar-refractivity contribution >= 4 is 11.6 Å². The van der Waals surface area contributed by atoms with Gasteiger partial charge in [0.2, 0.25) is 5.91 Å². The van der Waals surface area contributed by atoms with Gasteiger partial charge < -0.3 is 15.5 Å². The fraction of sp³-hybridized carbons (Fsp3) is 0.500. The summed E-state index contributed by atoms with van der Waals surface area (Å²) in [6.45, 7) is 2.45. The summed E-state index contributed by atoms with van der Waals surface area (Å²) >= 11 is 0. The van der Waals surface area contributed by atoms with Gasteiger partial charge in [0.1, 0.15) is 0 Å². The standard InChI is InChI=1S/C14H19F2N3O/c1-17-8-14(20)18-7-10-4-5-19(9-10)11-2-3-12(15)13(16)6-11/h2-3,6,10,17H,4-5,7-9H2,1H3,(H,18,20). The highest BCUT2D eigenvalue weighted by atomic mass is 19.2. The Labute approximate surface area is 117 Å². The second-order valence-corrected chi connectivity index (χ2v) is 5.03. The number of likely N-dealkylation sites (N-methyl/N-ethyl adjacent to an activating group) is 1.